The Morgan fingerprint density at radius 1 is 0.879 bits per heavy atom. The van der Waals surface area contributed by atoms with E-state index < -0.39 is 0 Å². The van der Waals surface area contributed by atoms with E-state index in [0.717, 1.165) is 33.6 Å². The Bertz CT molecular complexity index is 1030. The van der Waals surface area contributed by atoms with Crippen LogP contribution in [0.1, 0.15) is 23.6 Å². The van der Waals surface area contributed by atoms with Crippen LogP contribution in [0.25, 0.3) is 11.1 Å². The average molecular weight is 452 g/mol. The van der Waals surface area contributed by atoms with Crippen LogP contribution in [0, 0.1) is 6.92 Å². The zero-order valence-electron chi connectivity index (χ0n) is 19.8. The second-order valence-electron chi connectivity index (χ2n) is 7.55. The Labute approximate surface area is 196 Å². The Morgan fingerprint density at radius 2 is 1.61 bits per heavy atom. The molecule has 0 saturated carbocycles. The SMILES string of the molecule is CCOc1cccc(-c2cccc(COc3cc(OC)c(CNCCO)c(OC)c3)c2C)c1. The lowest BCUT2D eigenvalue weighted by molar-refractivity contribution is 0.289. The normalized spacial score (nSPS) is 10.7. The molecule has 0 saturated heterocycles. The van der Waals surface area contributed by atoms with Gasteiger partial charge in [0.2, 0.25) is 0 Å². The minimum Gasteiger partial charge on any atom is -0.496 e. The van der Waals surface area contributed by atoms with E-state index in [1.807, 2.05) is 37.3 Å². The largest absolute Gasteiger partial charge is 0.496 e. The summed E-state index contributed by atoms with van der Waals surface area (Å²) in [6.07, 6.45) is 0. The monoisotopic (exact) mass is 451 g/mol. The van der Waals surface area contributed by atoms with Crippen LogP contribution in [0.15, 0.2) is 54.6 Å². The maximum Gasteiger partial charge on any atom is 0.130 e. The first-order valence-corrected chi connectivity index (χ1v) is 11.1. The van der Waals surface area contributed by atoms with Gasteiger partial charge in [0.25, 0.3) is 0 Å². The predicted molar refractivity (Wildman–Crippen MR) is 130 cm³/mol. The maximum absolute atomic E-state index is 9.02. The van der Waals surface area contributed by atoms with Crippen LogP contribution in [0.3, 0.4) is 0 Å². The van der Waals surface area contributed by atoms with Crippen molar-refractivity contribution >= 4 is 0 Å². The number of nitrogens with one attached hydrogen (secondary N) is 1. The Hall–Kier alpha value is -3.22. The lowest BCUT2D eigenvalue weighted by atomic mass is 9.96. The summed E-state index contributed by atoms with van der Waals surface area (Å²) in [7, 11) is 3.25. The summed E-state index contributed by atoms with van der Waals surface area (Å²) < 4.78 is 22.9. The molecule has 0 aliphatic heterocycles. The van der Waals surface area contributed by atoms with Gasteiger partial charge in [0, 0.05) is 25.2 Å². The van der Waals surface area contributed by atoms with Crippen LogP contribution < -0.4 is 24.3 Å². The van der Waals surface area contributed by atoms with E-state index in [4.69, 9.17) is 24.1 Å². The highest BCUT2D eigenvalue weighted by Gasteiger charge is 2.14. The number of benzene rings is 3. The summed E-state index contributed by atoms with van der Waals surface area (Å²) in [5, 5.41) is 12.2. The molecule has 0 radical (unpaired) electrons. The van der Waals surface area contributed by atoms with Gasteiger partial charge in [0.15, 0.2) is 0 Å². The standard InChI is InChI=1S/C27H33NO5/c1-5-32-22-10-6-8-20(14-22)24-11-7-9-21(19(24)2)18-33-23-15-26(30-3)25(17-28-12-13-29)27(16-23)31-4/h6-11,14-16,28-29H,5,12-13,17-18H2,1-4H3. The van der Waals surface area contributed by atoms with Crippen molar-refractivity contribution in [1.82, 2.24) is 5.32 Å². The summed E-state index contributed by atoms with van der Waals surface area (Å²) in [6.45, 7) is 6.23. The van der Waals surface area contributed by atoms with Gasteiger partial charge < -0.3 is 29.4 Å². The van der Waals surface area contributed by atoms with Crippen molar-refractivity contribution in [3.8, 4) is 34.1 Å². The van der Waals surface area contributed by atoms with Gasteiger partial charge in [0.05, 0.1) is 33.0 Å². The predicted octanol–water partition coefficient (Wildman–Crippen LogP) is 4.74. The summed E-state index contributed by atoms with van der Waals surface area (Å²) in [5.74, 6) is 2.88. The molecule has 0 aromatic heterocycles. The van der Waals surface area contributed by atoms with E-state index in [2.05, 4.69) is 36.5 Å². The lowest BCUT2D eigenvalue weighted by Crippen LogP contribution is -2.18. The van der Waals surface area contributed by atoms with Crippen molar-refractivity contribution < 1.29 is 24.1 Å². The number of hydrogen-bond donors (Lipinski definition) is 2. The van der Waals surface area contributed by atoms with Gasteiger partial charge in [-0.25, -0.2) is 0 Å². The molecule has 6 nitrogen and oxygen atoms in total. The first-order chi connectivity index (χ1) is 16.1. The van der Waals surface area contributed by atoms with Gasteiger partial charge in [-0.1, -0.05) is 30.3 Å². The molecule has 3 rings (SSSR count). The fraction of sp³-hybridized carbons (Fsp3) is 0.333. The maximum atomic E-state index is 9.02. The minimum atomic E-state index is 0.0696. The summed E-state index contributed by atoms with van der Waals surface area (Å²) in [4.78, 5) is 0. The summed E-state index contributed by atoms with van der Waals surface area (Å²) in [5.41, 5.74) is 5.41. The van der Waals surface area contributed by atoms with E-state index in [-0.39, 0.29) is 6.61 Å². The third-order valence-corrected chi connectivity index (χ3v) is 5.47. The highest BCUT2D eigenvalue weighted by atomic mass is 16.5. The molecule has 33 heavy (non-hydrogen) atoms. The second-order valence-corrected chi connectivity index (χ2v) is 7.55. The number of rotatable bonds is 12. The Morgan fingerprint density at radius 3 is 2.27 bits per heavy atom. The summed E-state index contributed by atoms with van der Waals surface area (Å²) in [6, 6.07) is 18.1. The number of ether oxygens (including phenoxy) is 4. The molecule has 0 amide bonds. The average Bonchev–Trinajstić information content (AvgIpc) is 2.84. The molecule has 3 aromatic carbocycles. The fourth-order valence-electron chi connectivity index (χ4n) is 3.74. The van der Waals surface area contributed by atoms with E-state index in [0.29, 0.717) is 43.6 Å². The van der Waals surface area contributed by atoms with Crippen LogP contribution in [0.4, 0.5) is 0 Å². The van der Waals surface area contributed by atoms with Crippen LogP contribution in [0.2, 0.25) is 0 Å². The second kappa shape index (κ2) is 12.1. The lowest BCUT2D eigenvalue weighted by Gasteiger charge is -2.17. The number of methoxy groups -OCH3 is 2. The Balaban J connectivity index is 1.81. The van der Waals surface area contributed by atoms with Gasteiger partial charge in [0.1, 0.15) is 29.6 Å². The number of aliphatic hydroxyl groups excluding tert-OH is 1. The van der Waals surface area contributed by atoms with E-state index in [1.54, 1.807) is 14.2 Å². The molecule has 0 aliphatic rings. The molecule has 0 spiro atoms. The van der Waals surface area contributed by atoms with Gasteiger partial charge >= 0.3 is 0 Å². The van der Waals surface area contributed by atoms with Crippen LogP contribution >= 0.6 is 0 Å². The van der Waals surface area contributed by atoms with Gasteiger partial charge in [-0.2, -0.15) is 0 Å². The quantitative estimate of drug-likeness (QED) is 0.388. The zero-order chi connectivity index (χ0) is 23.6. The van der Waals surface area contributed by atoms with E-state index in [9.17, 15) is 0 Å². The molecule has 0 atom stereocenters. The van der Waals surface area contributed by atoms with Crippen LogP contribution in [-0.2, 0) is 13.2 Å². The van der Waals surface area contributed by atoms with Gasteiger partial charge in [-0.05, 0) is 48.2 Å². The van der Waals surface area contributed by atoms with Crippen molar-refractivity contribution in [2.75, 3.05) is 34.0 Å². The summed E-state index contributed by atoms with van der Waals surface area (Å²) >= 11 is 0. The highest BCUT2D eigenvalue weighted by Crippen LogP contribution is 2.35. The third-order valence-electron chi connectivity index (χ3n) is 5.47. The topological polar surface area (TPSA) is 69.2 Å². The smallest absolute Gasteiger partial charge is 0.130 e. The molecule has 0 unspecified atom stereocenters. The van der Waals surface area contributed by atoms with Gasteiger partial charge in [-0.3, -0.25) is 0 Å². The molecule has 6 heteroatoms. The molecule has 2 N–H and O–H groups in total. The molecule has 0 heterocycles. The minimum absolute atomic E-state index is 0.0696. The van der Waals surface area contributed by atoms with Crippen molar-refractivity contribution in [1.29, 1.82) is 0 Å². The molecule has 0 fully saturated rings. The van der Waals surface area contributed by atoms with Crippen LogP contribution in [-0.4, -0.2) is 39.1 Å². The van der Waals surface area contributed by atoms with Crippen molar-refractivity contribution in [2.45, 2.75) is 27.0 Å². The van der Waals surface area contributed by atoms with E-state index in [1.165, 1.54) is 0 Å². The Kier molecular flexibility index (Phi) is 8.98. The molecule has 0 bridgehead atoms. The van der Waals surface area contributed by atoms with Gasteiger partial charge in [-0.15, -0.1) is 0 Å². The van der Waals surface area contributed by atoms with Crippen molar-refractivity contribution in [3.05, 3.63) is 71.3 Å². The third kappa shape index (κ3) is 6.18. The molecule has 176 valence electrons. The fourth-order valence-corrected chi connectivity index (χ4v) is 3.74. The molecule has 3 aromatic rings. The first-order valence-electron chi connectivity index (χ1n) is 11.1. The van der Waals surface area contributed by atoms with Crippen molar-refractivity contribution in [3.63, 3.8) is 0 Å². The molecule has 0 aliphatic carbocycles. The zero-order valence-corrected chi connectivity index (χ0v) is 19.8. The molecular formula is C27H33NO5. The molecular weight excluding hydrogens is 418 g/mol. The highest BCUT2D eigenvalue weighted by molar-refractivity contribution is 5.69. The van der Waals surface area contributed by atoms with Crippen LogP contribution in [0.5, 0.6) is 23.0 Å². The van der Waals surface area contributed by atoms with Crippen molar-refractivity contribution in [2.24, 2.45) is 0 Å². The number of aliphatic hydroxyl groups is 1. The first kappa shape index (κ1) is 24.4. The number of hydrogen-bond acceptors (Lipinski definition) is 6. The van der Waals surface area contributed by atoms with E-state index >= 15 is 0 Å².